The summed E-state index contributed by atoms with van der Waals surface area (Å²) in [5.74, 6) is 0.877. The van der Waals surface area contributed by atoms with Crippen molar-refractivity contribution in [1.82, 2.24) is 0 Å². The van der Waals surface area contributed by atoms with Gasteiger partial charge < -0.3 is 33.8 Å². The summed E-state index contributed by atoms with van der Waals surface area (Å²) in [7, 11) is -9.91. The lowest BCUT2D eigenvalue weighted by Gasteiger charge is -2.21. The van der Waals surface area contributed by atoms with Gasteiger partial charge in [-0.25, -0.2) is 9.13 Å². The van der Waals surface area contributed by atoms with E-state index in [9.17, 15) is 43.2 Å². The first-order valence-electron chi connectivity index (χ1n) is 36.7. The first-order valence-corrected chi connectivity index (χ1v) is 39.7. The number of carbonyl (C=O) groups is 4. The number of rotatable bonds is 68. The Bertz CT molecular complexity index is 1780. The van der Waals surface area contributed by atoms with Crippen LogP contribution < -0.4 is 0 Å². The smallest absolute Gasteiger partial charge is 0.462 e. The highest BCUT2D eigenvalue weighted by Crippen LogP contribution is 2.45. The van der Waals surface area contributed by atoms with Gasteiger partial charge in [0.05, 0.1) is 26.4 Å². The number of carbonyl (C=O) groups excluding carboxylic acids is 4. The Morgan fingerprint density at radius 3 is 0.789 bits per heavy atom. The van der Waals surface area contributed by atoms with Gasteiger partial charge in [0.2, 0.25) is 0 Å². The molecule has 534 valence electrons. The number of phosphoric ester groups is 2. The molecule has 0 saturated carbocycles. The van der Waals surface area contributed by atoms with Crippen molar-refractivity contribution in [2.24, 2.45) is 23.7 Å². The molecule has 0 heterocycles. The predicted octanol–water partition coefficient (Wildman–Crippen LogP) is 20.1. The summed E-state index contributed by atoms with van der Waals surface area (Å²) < 4.78 is 68.3. The maximum absolute atomic E-state index is 13.0. The van der Waals surface area contributed by atoms with Crippen molar-refractivity contribution in [3.8, 4) is 0 Å². The fraction of sp³-hybridized carbons (Fsp3) is 0.944. The van der Waals surface area contributed by atoms with E-state index in [1.807, 2.05) is 0 Å². The number of phosphoric acid groups is 2. The van der Waals surface area contributed by atoms with Crippen LogP contribution in [-0.2, 0) is 65.4 Å². The quantitative estimate of drug-likeness (QED) is 0.0222. The molecule has 0 spiro atoms. The second kappa shape index (κ2) is 60.7. The van der Waals surface area contributed by atoms with Gasteiger partial charge in [0.1, 0.15) is 19.3 Å². The van der Waals surface area contributed by atoms with Gasteiger partial charge in [-0.15, -0.1) is 0 Å². The van der Waals surface area contributed by atoms with Crippen molar-refractivity contribution in [3.63, 3.8) is 0 Å². The average molecular weight is 1330 g/mol. The molecule has 0 aromatic heterocycles. The van der Waals surface area contributed by atoms with Gasteiger partial charge in [-0.1, -0.05) is 299 Å². The monoisotopic (exact) mass is 1320 g/mol. The van der Waals surface area contributed by atoms with Gasteiger partial charge in [-0.05, 0) is 49.4 Å². The summed E-state index contributed by atoms with van der Waals surface area (Å²) >= 11 is 0. The zero-order valence-corrected chi connectivity index (χ0v) is 60.6. The lowest BCUT2D eigenvalue weighted by molar-refractivity contribution is -0.161. The summed E-state index contributed by atoms with van der Waals surface area (Å²) in [6.07, 6.45) is 43.0. The van der Waals surface area contributed by atoms with E-state index in [4.69, 9.17) is 37.0 Å². The van der Waals surface area contributed by atoms with Crippen LogP contribution in [0.1, 0.15) is 351 Å². The molecule has 0 radical (unpaired) electrons. The maximum atomic E-state index is 13.0. The topological polar surface area (TPSA) is 237 Å². The van der Waals surface area contributed by atoms with Crippen LogP contribution in [0, 0.1) is 23.7 Å². The SMILES string of the molecule is CCC(C)CCCCCCCCC(=O)OC[C@H](COP(=O)(O)OC[C@H](O)COP(=O)(O)OC[C@@H](COC(=O)CCCCCCCCCCCC(C)C)OC(=O)CCCCCCCCCCCCCC(C)C)OC(=O)CCCCCCCCCCCCCC(C)C. The van der Waals surface area contributed by atoms with E-state index >= 15 is 0 Å². The lowest BCUT2D eigenvalue weighted by Crippen LogP contribution is -2.30. The second-order valence-corrected chi connectivity index (χ2v) is 30.2. The van der Waals surface area contributed by atoms with Gasteiger partial charge in [0.15, 0.2) is 12.2 Å². The van der Waals surface area contributed by atoms with Gasteiger partial charge in [-0.2, -0.15) is 0 Å². The molecule has 6 atom stereocenters. The molecule has 0 amide bonds. The van der Waals surface area contributed by atoms with Gasteiger partial charge in [0, 0.05) is 25.7 Å². The number of hydrogen-bond acceptors (Lipinski definition) is 15. The third-order valence-electron chi connectivity index (χ3n) is 16.7. The molecule has 17 nitrogen and oxygen atoms in total. The van der Waals surface area contributed by atoms with Crippen LogP contribution in [-0.4, -0.2) is 96.7 Å². The van der Waals surface area contributed by atoms with Crippen molar-refractivity contribution >= 4 is 39.5 Å². The highest BCUT2D eigenvalue weighted by atomic mass is 31.2. The molecule has 0 fully saturated rings. The largest absolute Gasteiger partial charge is 0.472 e. The molecule has 0 aromatic carbocycles. The maximum Gasteiger partial charge on any atom is 0.472 e. The number of aliphatic hydroxyl groups excluding tert-OH is 1. The van der Waals surface area contributed by atoms with E-state index < -0.39 is 97.5 Å². The zero-order chi connectivity index (χ0) is 66.8. The molecular formula is C71H138O17P2. The normalized spacial score (nSPS) is 14.6. The number of unbranched alkanes of at least 4 members (excludes halogenated alkanes) is 33. The lowest BCUT2D eigenvalue weighted by atomic mass is 10.00. The van der Waals surface area contributed by atoms with Crippen LogP contribution in [0.2, 0.25) is 0 Å². The van der Waals surface area contributed by atoms with Crippen molar-refractivity contribution in [2.45, 2.75) is 369 Å². The first kappa shape index (κ1) is 88.1. The van der Waals surface area contributed by atoms with E-state index in [-0.39, 0.29) is 25.7 Å². The highest BCUT2D eigenvalue weighted by molar-refractivity contribution is 7.47. The van der Waals surface area contributed by atoms with Crippen LogP contribution in [0.25, 0.3) is 0 Å². The molecule has 3 N–H and O–H groups in total. The van der Waals surface area contributed by atoms with Gasteiger partial charge in [-0.3, -0.25) is 37.3 Å². The number of esters is 4. The van der Waals surface area contributed by atoms with Crippen LogP contribution in [0.4, 0.5) is 0 Å². The third kappa shape index (κ3) is 63.5. The predicted molar refractivity (Wildman–Crippen MR) is 363 cm³/mol. The van der Waals surface area contributed by atoms with E-state index in [2.05, 4.69) is 55.4 Å². The van der Waals surface area contributed by atoms with Crippen LogP contribution in [0.3, 0.4) is 0 Å². The van der Waals surface area contributed by atoms with Crippen molar-refractivity contribution in [2.75, 3.05) is 39.6 Å². The molecule has 19 heteroatoms. The highest BCUT2D eigenvalue weighted by Gasteiger charge is 2.30. The number of ether oxygens (including phenoxy) is 4. The van der Waals surface area contributed by atoms with Crippen LogP contribution in [0.15, 0.2) is 0 Å². The minimum absolute atomic E-state index is 0.105. The Hall–Kier alpha value is -1.94. The molecule has 90 heavy (non-hydrogen) atoms. The van der Waals surface area contributed by atoms with E-state index in [1.54, 1.807) is 0 Å². The fourth-order valence-corrected chi connectivity index (χ4v) is 12.2. The molecular weight excluding hydrogens is 1190 g/mol. The summed E-state index contributed by atoms with van der Waals surface area (Å²) in [6, 6.07) is 0. The van der Waals surface area contributed by atoms with Crippen LogP contribution in [0.5, 0.6) is 0 Å². The summed E-state index contributed by atoms with van der Waals surface area (Å²) in [5, 5.41) is 10.6. The Morgan fingerprint density at radius 2 is 0.533 bits per heavy atom. The molecule has 3 unspecified atom stereocenters. The summed E-state index contributed by atoms with van der Waals surface area (Å²) in [5.41, 5.74) is 0. The van der Waals surface area contributed by atoms with Gasteiger partial charge in [0.25, 0.3) is 0 Å². The summed E-state index contributed by atoms with van der Waals surface area (Å²) in [4.78, 5) is 72.6. The Morgan fingerprint density at radius 1 is 0.311 bits per heavy atom. The Balaban J connectivity index is 5.27. The fourth-order valence-electron chi connectivity index (χ4n) is 10.6. The molecule has 0 aliphatic rings. The first-order chi connectivity index (χ1) is 43.1. The molecule has 0 aliphatic carbocycles. The standard InChI is InChI=1S/C71H138O17P2/c1-9-64(8)50-42-34-29-30-36-44-52-69(74)82-58-67(88-71(76)54-46-38-28-21-15-11-13-18-24-32-40-48-62(4)5)60-86-90(79,80)84-56-65(72)55-83-89(77,78)85-59-66(57-81-68(73)51-43-35-26-22-16-19-25-33-41-49-63(6)7)87-70(75)53-45-37-27-20-14-10-12-17-23-31-39-47-61(2)3/h61-67,72H,9-60H2,1-8H3,(H,77,78)(H,79,80)/t64?,65-,66-,67-/m1/s1. The average Bonchev–Trinajstić information content (AvgIpc) is 3.69. The van der Waals surface area contributed by atoms with E-state index in [0.717, 1.165) is 120 Å². The number of hydrogen-bond donors (Lipinski definition) is 3. The molecule has 0 bridgehead atoms. The minimum Gasteiger partial charge on any atom is -0.462 e. The summed E-state index contributed by atoms with van der Waals surface area (Å²) in [6.45, 7) is 14.1. The van der Waals surface area contributed by atoms with Gasteiger partial charge >= 0.3 is 39.5 Å². The van der Waals surface area contributed by atoms with Crippen LogP contribution >= 0.6 is 15.6 Å². The van der Waals surface area contributed by atoms with Crippen molar-refractivity contribution in [1.29, 1.82) is 0 Å². The Labute approximate surface area is 549 Å². The van der Waals surface area contributed by atoms with E-state index in [1.165, 1.54) is 148 Å². The van der Waals surface area contributed by atoms with E-state index in [0.29, 0.717) is 25.7 Å². The van der Waals surface area contributed by atoms with Crippen molar-refractivity contribution < 1.29 is 80.2 Å². The van der Waals surface area contributed by atoms with Crippen molar-refractivity contribution in [3.05, 3.63) is 0 Å². The molecule has 0 saturated heterocycles. The zero-order valence-electron chi connectivity index (χ0n) is 58.8. The molecule has 0 rings (SSSR count). The molecule has 0 aliphatic heterocycles. The number of aliphatic hydroxyl groups is 1. The molecule has 0 aromatic rings. The minimum atomic E-state index is -4.95. The Kier molecular flexibility index (Phi) is 59.4. The second-order valence-electron chi connectivity index (χ2n) is 27.3. The third-order valence-corrected chi connectivity index (χ3v) is 18.6.